The number of nitriles is 1. The number of aromatic nitrogens is 1. The predicted molar refractivity (Wildman–Crippen MR) is 124 cm³/mol. The average molecular weight is 444 g/mol. The summed E-state index contributed by atoms with van der Waals surface area (Å²) < 4.78 is 5.75. The molecule has 0 aliphatic heterocycles. The van der Waals surface area contributed by atoms with Crippen LogP contribution in [0.3, 0.4) is 0 Å². The minimum absolute atomic E-state index is 0.0577. The molecule has 152 valence electrons. The number of hydrogen-bond donors (Lipinski definition) is 1. The monoisotopic (exact) mass is 443 g/mol. The van der Waals surface area contributed by atoms with Crippen molar-refractivity contribution < 1.29 is 9.21 Å². The molecule has 1 N–H and O–H groups in total. The highest BCUT2D eigenvalue weighted by atomic mass is 32.2. The van der Waals surface area contributed by atoms with E-state index in [-0.39, 0.29) is 5.57 Å². The van der Waals surface area contributed by atoms with Gasteiger partial charge in [-0.15, -0.1) is 11.3 Å². The summed E-state index contributed by atoms with van der Waals surface area (Å²) in [6.07, 6.45) is 1.43. The van der Waals surface area contributed by atoms with Crippen molar-refractivity contribution in [3.63, 3.8) is 0 Å². The quantitative estimate of drug-likeness (QED) is 0.275. The summed E-state index contributed by atoms with van der Waals surface area (Å²) in [5.41, 5.74) is 2.86. The molecule has 4 aromatic rings. The zero-order valence-corrected chi connectivity index (χ0v) is 18.2. The summed E-state index contributed by atoms with van der Waals surface area (Å²) in [7, 11) is 0. The highest BCUT2D eigenvalue weighted by Gasteiger charge is 2.14. The van der Waals surface area contributed by atoms with E-state index < -0.39 is 5.91 Å². The van der Waals surface area contributed by atoms with Crippen molar-refractivity contribution in [2.45, 2.75) is 16.9 Å². The fourth-order valence-electron chi connectivity index (χ4n) is 2.72. The van der Waals surface area contributed by atoms with Gasteiger partial charge >= 0.3 is 0 Å². The second-order valence-corrected chi connectivity index (χ2v) is 8.54. The first-order chi connectivity index (χ1) is 15.1. The van der Waals surface area contributed by atoms with Gasteiger partial charge in [-0.3, -0.25) is 10.1 Å². The van der Waals surface area contributed by atoms with Crippen molar-refractivity contribution in [2.24, 2.45) is 0 Å². The third kappa shape index (κ3) is 5.31. The first-order valence-corrected chi connectivity index (χ1v) is 11.1. The van der Waals surface area contributed by atoms with E-state index in [0.29, 0.717) is 16.0 Å². The van der Waals surface area contributed by atoms with Crippen molar-refractivity contribution in [3.8, 4) is 17.3 Å². The number of carbonyl (C=O) groups excluding carboxylic acids is 1. The zero-order valence-electron chi connectivity index (χ0n) is 16.5. The molecule has 2 aromatic heterocycles. The Bertz CT molecular complexity index is 1270. The number of rotatable bonds is 6. The van der Waals surface area contributed by atoms with Gasteiger partial charge in [-0.25, -0.2) is 4.98 Å². The Morgan fingerprint density at radius 1 is 1.13 bits per heavy atom. The van der Waals surface area contributed by atoms with Crippen LogP contribution in [0.5, 0.6) is 0 Å². The van der Waals surface area contributed by atoms with Crippen LogP contribution in [0.15, 0.2) is 92.1 Å². The summed E-state index contributed by atoms with van der Waals surface area (Å²) in [5, 5.41) is 15.1. The van der Waals surface area contributed by atoms with Gasteiger partial charge in [0, 0.05) is 21.9 Å². The Morgan fingerprint density at radius 3 is 2.65 bits per heavy atom. The van der Waals surface area contributed by atoms with Crippen LogP contribution in [0, 0.1) is 18.3 Å². The minimum Gasteiger partial charge on any atom is -0.450 e. The van der Waals surface area contributed by atoms with Crippen LogP contribution >= 0.6 is 23.1 Å². The summed E-state index contributed by atoms with van der Waals surface area (Å²) in [4.78, 5) is 18.0. The molecular weight excluding hydrogens is 426 g/mol. The number of amides is 1. The van der Waals surface area contributed by atoms with Crippen molar-refractivity contribution >= 4 is 40.2 Å². The molecule has 0 aliphatic rings. The molecule has 2 heterocycles. The Kier molecular flexibility index (Phi) is 6.32. The van der Waals surface area contributed by atoms with Crippen LogP contribution in [0.1, 0.15) is 11.3 Å². The van der Waals surface area contributed by atoms with Crippen LogP contribution in [-0.2, 0) is 4.79 Å². The second kappa shape index (κ2) is 9.47. The number of thiazole rings is 1. The van der Waals surface area contributed by atoms with Crippen LogP contribution in [-0.4, -0.2) is 10.9 Å². The van der Waals surface area contributed by atoms with Crippen LogP contribution in [0.25, 0.3) is 17.3 Å². The van der Waals surface area contributed by atoms with Gasteiger partial charge in [0.1, 0.15) is 17.4 Å². The molecule has 0 bridgehead atoms. The average Bonchev–Trinajstić information content (AvgIpc) is 3.44. The number of aryl methyl sites for hydroxylation is 1. The van der Waals surface area contributed by atoms with E-state index >= 15 is 0 Å². The number of anilines is 1. The molecule has 0 radical (unpaired) electrons. The molecule has 4 rings (SSSR count). The topological polar surface area (TPSA) is 78.9 Å². The van der Waals surface area contributed by atoms with E-state index in [1.54, 1.807) is 6.07 Å². The van der Waals surface area contributed by atoms with Gasteiger partial charge in [-0.2, -0.15) is 5.26 Å². The third-order valence-corrected chi connectivity index (χ3v) is 5.97. The van der Waals surface area contributed by atoms with Crippen molar-refractivity contribution in [2.75, 3.05) is 5.32 Å². The maximum absolute atomic E-state index is 12.5. The number of nitrogens with one attached hydrogen (secondary N) is 1. The standard InChI is InChI=1S/C24H17N3O2S2/c1-16-7-10-20(11-8-16)31-22-12-9-19(29-22)13-18(14-25)23(28)27-24-26-21(15-30-24)17-5-3-2-4-6-17/h2-13,15H,1H3,(H,26,27,28). The van der Waals surface area contributed by atoms with Gasteiger partial charge in [-0.1, -0.05) is 59.8 Å². The van der Waals surface area contributed by atoms with Gasteiger partial charge < -0.3 is 4.42 Å². The van der Waals surface area contributed by atoms with Gasteiger partial charge in [0.05, 0.1) is 5.69 Å². The first-order valence-electron chi connectivity index (χ1n) is 9.39. The van der Waals surface area contributed by atoms with Crippen molar-refractivity contribution in [3.05, 3.63) is 89.0 Å². The van der Waals surface area contributed by atoms with Gasteiger partial charge in [0.15, 0.2) is 10.2 Å². The van der Waals surface area contributed by atoms with E-state index in [9.17, 15) is 10.1 Å². The lowest BCUT2D eigenvalue weighted by molar-refractivity contribution is -0.112. The van der Waals surface area contributed by atoms with Crippen molar-refractivity contribution in [1.29, 1.82) is 5.26 Å². The van der Waals surface area contributed by atoms with E-state index in [4.69, 9.17) is 4.42 Å². The summed E-state index contributed by atoms with van der Waals surface area (Å²) >= 11 is 2.78. The van der Waals surface area contributed by atoms with Crippen LogP contribution in [0.2, 0.25) is 0 Å². The van der Waals surface area contributed by atoms with Crippen LogP contribution < -0.4 is 5.32 Å². The lowest BCUT2D eigenvalue weighted by Gasteiger charge is -2.00. The Labute approximate surface area is 188 Å². The lowest BCUT2D eigenvalue weighted by Crippen LogP contribution is -2.13. The second-order valence-electron chi connectivity index (χ2n) is 6.60. The van der Waals surface area contributed by atoms with E-state index in [1.807, 2.05) is 79.0 Å². The normalized spacial score (nSPS) is 11.2. The lowest BCUT2D eigenvalue weighted by atomic mass is 10.2. The number of carbonyl (C=O) groups is 1. The molecule has 0 spiro atoms. The first kappa shape index (κ1) is 20.7. The highest BCUT2D eigenvalue weighted by Crippen LogP contribution is 2.30. The van der Waals surface area contributed by atoms with Gasteiger partial charge in [0.2, 0.25) is 0 Å². The zero-order chi connectivity index (χ0) is 21.6. The van der Waals surface area contributed by atoms with E-state index in [0.717, 1.165) is 16.2 Å². The maximum atomic E-state index is 12.5. The number of benzene rings is 2. The Hall–Kier alpha value is -3.60. The molecule has 7 heteroatoms. The third-order valence-electron chi connectivity index (χ3n) is 4.29. The fourth-order valence-corrected chi connectivity index (χ4v) is 4.21. The molecule has 0 saturated heterocycles. The minimum atomic E-state index is -0.527. The number of furan rings is 1. The molecule has 0 atom stereocenters. The summed E-state index contributed by atoms with van der Waals surface area (Å²) in [5.74, 6) is -0.0916. The van der Waals surface area contributed by atoms with E-state index in [2.05, 4.69) is 10.3 Å². The largest absolute Gasteiger partial charge is 0.450 e. The maximum Gasteiger partial charge on any atom is 0.268 e. The summed E-state index contributed by atoms with van der Waals surface area (Å²) in [6, 6.07) is 23.3. The SMILES string of the molecule is Cc1ccc(Sc2ccc(C=C(C#N)C(=O)Nc3nc(-c4ccccc4)cs3)o2)cc1. The molecule has 0 unspecified atom stereocenters. The molecule has 2 aromatic carbocycles. The van der Waals surface area contributed by atoms with Crippen LogP contribution in [0.4, 0.5) is 5.13 Å². The molecule has 5 nitrogen and oxygen atoms in total. The Balaban J connectivity index is 1.44. The molecule has 0 fully saturated rings. The number of nitrogens with zero attached hydrogens (tertiary/aromatic N) is 2. The molecule has 31 heavy (non-hydrogen) atoms. The summed E-state index contributed by atoms with van der Waals surface area (Å²) in [6.45, 7) is 2.03. The Morgan fingerprint density at radius 2 is 1.90 bits per heavy atom. The fraction of sp³-hybridized carbons (Fsp3) is 0.0417. The highest BCUT2D eigenvalue weighted by molar-refractivity contribution is 7.99. The molecule has 1 amide bonds. The van der Waals surface area contributed by atoms with Gasteiger partial charge in [0.25, 0.3) is 5.91 Å². The predicted octanol–water partition coefficient (Wildman–Crippen LogP) is 6.41. The van der Waals surface area contributed by atoms with Gasteiger partial charge in [-0.05, 0) is 31.2 Å². The molecular formula is C24H17N3O2S2. The smallest absolute Gasteiger partial charge is 0.268 e. The number of hydrogen-bond acceptors (Lipinski definition) is 6. The molecule has 0 saturated carbocycles. The van der Waals surface area contributed by atoms with E-state index in [1.165, 1.54) is 34.7 Å². The van der Waals surface area contributed by atoms with Crippen molar-refractivity contribution in [1.82, 2.24) is 4.98 Å². The molecule has 0 aliphatic carbocycles.